The third-order valence-electron chi connectivity index (χ3n) is 3.28. The Kier molecular flexibility index (Phi) is 5.08. The Balaban J connectivity index is 2.00. The maximum absolute atomic E-state index is 12.6. The molecule has 11 nitrogen and oxygen atoms in total. The van der Waals surface area contributed by atoms with Crippen LogP contribution in [-0.2, 0) is 25.4 Å². The summed E-state index contributed by atoms with van der Waals surface area (Å²) in [7, 11) is -2.34. The lowest BCUT2D eigenvalue weighted by molar-refractivity contribution is -0.509. The molecule has 1 fully saturated rings. The van der Waals surface area contributed by atoms with E-state index in [2.05, 4.69) is 21.3 Å². The number of hydrogen-bond donors (Lipinski definition) is 0. The molecule has 13 heteroatoms. The molecule has 1 saturated heterocycles. The van der Waals surface area contributed by atoms with Gasteiger partial charge in [-0.3, -0.25) is 0 Å². The van der Waals surface area contributed by atoms with Gasteiger partial charge in [-0.1, -0.05) is 16.8 Å². The maximum Gasteiger partial charge on any atom is 0.450 e. The first-order valence-electron chi connectivity index (χ1n) is 6.94. The first-order valence-corrected chi connectivity index (χ1v) is 9.53. The van der Waals surface area contributed by atoms with Gasteiger partial charge < -0.3 is 9.47 Å². The van der Waals surface area contributed by atoms with Crippen molar-refractivity contribution >= 4 is 32.8 Å². The SMILES string of the molecule is COCSCn1nnc2[n+](c1=O)=C=NC=2S(=O)(=O)N1CCOCC1. The largest absolute Gasteiger partial charge is 0.450 e. The summed E-state index contributed by atoms with van der Waals surface area (Å²) in [6, 6.07) is 2.39. The molecule has 2 aliphatic rings. The maximum atomic E-state index is 12.6. The van der Waals surface area contributed by atoms with Crippen LogP contribution < -0.4 is 15.4 Å². The molecule has 3 heterocycles. The predicted molar refractivity (Wildman–Crippen MR) is 83.1 cm³/mol. The van der Waals surface area contributed by atoms with Gasteiger partial charge in [-0.25, -0.2) is 13.2 Å². The summed E-state index contributed by atoms with van der Waals surface area (Å²) in [5, 5.41) is 7.26. The first-order chi connectivity index (χ1) is 11.6. The van der Waals surface area contributed by atoms with Crippen LogP contribution in [0.1, 0.15) is 0 Å². The molecule has 0 aliphatic carbocycles. The van der Waals surface area contributed by atoms with Gasteiger partial charge in [0.2, 0.25) is 6.01 Å². The fraction of sp³-hybridized carbons (Fsp3) is 0.636. The van der Waals surface area contributed by atoms with E-state index in [4.69, 9.17) is 9.47 Å². The van der Waals surface area contributed by atoms with E-state index >= 15 is 0 Å². The van der Waals surface area contributed by atoms with E-state index in [0.717, 1.165) is 8.92 Å². The third-order valence-corrected chi connectivity index (χ3v) is 5.92. The van der Waals surface area contributed by atoms with Gasteiger partial charge in [-0.15, -0.1) is 8.92 Å². The zero-order valence-electron chi connectivity index (χ0n) is 12.8. The Labute approximate surface area is 141 Å². The second-order valence-electron chi connectivity index (χ2n) is 4.80. The molecule has 0 saturated carbocycles. The summed E-state index contributed by atoms with van der Waals surface area (Å²) in [4.78, 5) is 16.1. The predicted octanol–water partition coefficient (Wildman–Crippen LogP) is -3.28. The molecule has 0 aromatic carbocycles. The molecule has 0 N–H and O–H groups in total. The summed E-state index contributed by atoms with van der Waals surface area (Å²) in [6.07, 6.45) is 0. The number of thioether (sulfide) groups is 1. The smallest absolute Gasteiger partial charge is 0.379 e. The van der Waals surface area contributed by atoms with Crippen molar-refractivity contribution in [1.29, 1.82) is 0 Å². The number of nitrogens with zero attached hydrogens (tertiary/aromatic N) is 6. The molecule has 0 amide bonds. The van der Waals surface area contributed by atoms with Crippen LogP contribution in [0.5, 0.6) is 0 Å². The zero-order valence-corrected chi connectivity index (χ0v) is 14.4. The van der Waals surface area contributed by atoms with Crippen molar-refractivity contribution in [3.63, 3.8) is 0 Å². The first kappa shape index (κ1) is 17.2. The number of methoxy groups -OCH3 is 1. The number of ether oxygens (including phenoxy) is 2. The topological polar surface area (TPSA) is 122 Å². The molecule has 24 heavy (non-hydrogen) atoms. The van der Waals surface area contributed by atoms with Gasteiger partial charge in [0.05, 0.1) is 19.2 Å². The van der Waals surface area contributed by atoms with Crippen LogP contribution in [-0.4, -0.2) is 73.1 Å². The molecule has 2 aliphatic heterocycles. The zero-order chi connectivity index (χ0) is 17.2. The second kappa shape index (κ2) is 7.09. The summed E-state index contributed by atoms with van der Waals surface area (Å²) in [6.45, 7) is 1.06. The van der Waals surface area contributed by atoms with Crippen LogP contribution in [0.25, 0.3) is 5.03 Å². The molecule has 130 valence electrons. The molecule has 0 unspecified atom stereocenters. The van der Waals surface area contributed by atoms with Crippen LogP contribution in [0.15, 0.2) is 9.79 Å². The van der Waals surface area contributed by atoms with Crippen LogP contribution in [0.2, 0.25) is 0 Å². The Morgan fingerprint density at radius 2 is 2.17 bits per heavy atom. The molecule has 0 radical (unpaired) electrons. The molecule has 0 atom stereocenters. The highest BCUT2D eigenvalue weighted by Gasteiger charge is 2.35. The average Bonchev–Trinajstić information content (AvgIpc) is 3.03. The Morgan fingerprint density at radius 3 is 2.88 bits per heavy atom. The minimum absolute atomic E-state index is 0.139. The Hall–Kier alpha value is -1.63. The summed E-state index contributed by atoms with van der Waals surface area (Å²) >= 11 is 1.31. The summed E-state index contributed by atoms with van der Waals surface area (Å²) in [5.41, 5.74) is -0.709. The lowest BCUT2D eigenvalue weighted by Crippen LogP contribution is -2.58. The van der Waals surface area contributed by atoms with Crippen molar-refractivity contribution in [2.24, 2.45) is 4.99 Å². The van der Waals surface area contributed by atoms with E-state index in [1.807, 2.05) is 0 Å². The lowest BCUT2D eigenvalue weighted by Gasteiger charge is -2.24. The lowest BCUT2D eigenvalue weighted by atomic mass is 10.5. The number of sulfonamides is 1. The van der Waals surface area contributed by atoms with Crippen molar-refractivity contribution in [3.8, 4) is 0 Å². The van der Waals surface area contributed by atoms with Crippen molar-refractivity contribution < 1.29 is 22.1 Å². The van der Waals surface area contributed by atoms with Crippen LogP contribution in [0.4, 0.5) is 0 Å². The fourth-order valence-corrected chi connectivity index (χ4v) is 4.10. The molecule has 0 bridgehead atoms. The number of aromatic nitrogens is 4. The van der Waals surface area contributed by atoms with E-state index in [1.54, 1.807) is 0 Å². The number of fused-ring (bicyclic) bond motifs is 1. The van der Waals surface area contributed by atoms with Gasteiger partial charge >= 0.3 is 16.2 Å². The quantitative estimate of drug-likeness (QED) is 0.288. The van der Waals surface area contributed by atoms with E-state index in [-0.39, 0.29) is 29.5 Å². The second-order valence-corrected chi connectivity index (χ2v) is 7.56. The molecular weight excluding hydrogens is 360 g/mol. The minimum atomic E-state index is -3.88. The molecule has 3 rings (SSSR count). The van der Waals surface area contributed by atoms with Gasteiger partial charge in [0.1, 0.15) is 5.88 Å². The Morgan fingerprint density at radius 1 is 1.42 bits per heavy atom. The van der Waals surface area contributed by atoms with Crippen molar-refractivity contribution in [3.05, 3.63) is 16.0 Å². The van der Waals surface area contributed by atoms with Gasteiger partial charge in [0, 0.05) is 30.5 Å². The van der Waals surface area contributed by atoms with Crippen molar-refractivity contribution in [1.82, 2.24) is 19.3 Å². The van der Waals surface area contributed by atoms with E-state index in [1.165, 1.54) is 23.2 Å². The number of aliphatic imine (C=N–C) groups is 1. The summed E-state index contributed by atoms with van der Waals surface area (Å²) in [5.74, 6) is 0.601. The number of rotatable bonds is 6. The van der Waals surface area contributed by atoms with E-state index in [0.29, 0.717) is 19.2 Å². The molecule has 0 spiro atoms. The van der Waals surface area contributed by atoms with Gasteiger partial charge in [-0.2, -0.15) is 4.31 Å². The highest BCUT2D eigenvalue weighted by Crippen LogP contribution is 2.15. The van der Waals surface area contributed by atoms with E-state index in [9.17, 15) is 13.2 Å². The number of hydrogen-bond acceptors (Lipinski definition) is 9. The minimum Gasteiger partial charge on any atom is -0.379 e. The van der Waals surface area contributed by atoms with Gasteiger partial charge in [0.15, 0.2) is 0 Å². The highest BCUT2D eigenvalue weighted by atomic mass is 32.2. The van der Waals surface area contributed by atoms with Crippen LogP contribution in [0.3, 0.4) is 0 Å². The summed E-state index contributed by atoms with van der Waals surface area (Å²) < 4.78 is 38.6. The normalized spacial score (nSPS) is 17.8. The van der Waals surface area contributed by atoms with Crippen LogP contribution in [0, 0.1) is 0 Å². The van der Waals surface area contributed by atoms with Gasteiger partial charge in [-0.05, 0) is 0 Å². The molecular formula is C11H15N6O5S2+. The van der Waals surface area contributed by atoms with Crippen LogP contribution >= 0.6 is 11.8 Å². The molecule has 1 aromatic heterocycles. The van der Waals surface area contributed by atoms with Crippen molar-refractivity contribution in [2.45, 2.75) is 5.88 Å². The standard InChI is InChI=1S/C11H15N6O5S2/c1-21-8-23-7-17-11(18)16-6-12-10(9(16)13-14-17)24(19,20)15-2-4-22-5-3-15/h2-5,7-8H2,1H3/q+1. The monoisotopic (exact) mass is 375 g/mol. The Bertz CT molecular complexity index is 946. The third kappa shape index (κ3) is 3.14. The average molecular weight is 375 g/mol. The highest BCUT2D eigenvalue weighted by molar-refractivity contribution is 7.98. The van der Waals surface area contributed by atoms with E-state index < -0.39 is 15.7 Å². The van der Waals surface area contributed by atoms with Crippen molar-refractivity contribution in [2.75, 3.05) is 39.4 Å². The van der Waals surface area contributed by atoms with Gasteiger partial charge in [0.25, 0.3) is 10.0 Å². The number of morpholine rings is 1. The fourth-order valence-electron chi connectivity index (χ4n) is 2.13. The molecule has 1 aromatic rings.